The molecule has 1 saturated carbocycles. The first kappa shape index (κ1) is 19.6. The number of hydrogen-bond acceptors (Lipinski definition) is 3. The largest absolute Gasteiger partial charge is 0.322 e. The predicted molar refractivity (Wildman–Crippen MR) is 113 cm³/mol. The van der Waals surface area contributed by atoms with Crippen molar-refractivity contribution >= 4 is 50.5 Å². The van der Waals surface area contributed by atoms with E-state index in [2.05, 4.69) is 12.2 Å². The summed E-state index contributed by atoms with van der Waals surface area (Å²) in [7, 11) is -3.33. The van der Waals surface area contributed by atoms with Crippen LogP contribution in [0.3, 0.4) is 0 Å². The molecule has 1 heterocycles. The average molecular weight is 439 g/mol. The molecule has 2 fully saturated rings. The van der Waals surface area contributed by atoms with Gasteiger partial charge in [0.15, 0.2) is 0 Å². The molecule has 4 rings (SSSR count). The van der Waals surface area contributed by atoms with Gasteiger partial charge in [-0.15, -0.1) is 0 Å². The lowest BCUT2D eigenvalue weighted by molar-refractivity contribution is 0.102. The second-order valence-electron chi connectivity index (χ2n) is 7.65. The third-order valence-electron chi connectivity index (χ3n) is 5.43. The molecule has 1 amide bonds. The first-order valence-corrected chi connectivity index (χ1v) is 11.5. The van der Waals surface area contributed by atoms with Gasteiger partial charge in [-0.1, -0.05) is 30.1 Å². The number of benzene rings is 2. The van der Waals surface area contributed by atoms with Crippen LogP contribution in [0, 0.1) is 0 Å². The third-order valence-corrected chi connectivity index (χ3v) is 7.85. The van der Waals surface area contributed by atoms with Gasteiger partial charge in [0.1, 0.15) is 0 Å². The zero-order valence-electron chi connectivity index (χ0n) is 15.3. The number of anilines is 2. The summed E-state index contributed by atoms with van der Waals surface area (Å²) in [5.41, 5.74) is 2.48. The number of carbonyl (C=O) groups is 1. The highest BCUT2D eigenvalue weighted by atomic mass is 35.5. The lowest BCUT2D eigenvalue weighted by Gasteiger charge is -2.18. The summed E-state index contributed by atoms with van der Waals surface area (Å²) in [6, 6.07) is 10.2. The van der Waals surface area contributed by atoms with Gasteiger partial charge in [0.25, 0.3) is 5.91 Å². The zero-order chi connectivity index (χ0) is 20.1. The molecule has 1 N–H and O–H groups in total. The number of rotatable bonds is 4. The fraction of sp³-hybridized carbons (Fsp3) is 0.350. The number of hydrogen-bond donors (Lipinski definition) is 1. The fourth-order valence-electron chi connectivity index (χ4n) is 3.46. The summed E-state index contributed by atoms with van der Waals surface area (Å²) in [6.07, 6.45) is 2.76. The number of nitrogens with one attached hydrogen (secondary N) is 1. The fourth-order valence-corrected chi connectivity index (χ4v) is 5.45. The molecular formula is C20H20Cl2N2O3S. The van der Waals surface area contributed by atoms with E-state index in [4.69, 9.17) is 23.2 Å². The van der Waals surface area contributed by atoms with Crippen LogP contribution in [-0.2, 0) is 15.4 Å². The quantitative estimate of drug-likeness (QED) is 0.742. The Morgan fingerprint density at radius 2 is 1.89 bits per heavy atom. The van der Waals surface area contributed by atoms with E-state index in [0.29, 0.717) is 29.4 Å². The molecule has 2 aromatic carbocycles. The first-order valence-electron chi connectivity index (χ1n) is 9.10. The molecule has 0 spiro atoms. The van der Waals surface area contributed by atoms with E-state index in [-0.39, 0.29) is 21.8 Å². The lowest BCUT2D eigenvalue weighted by Crippen LogP contribution is -2.25. The van der Waals surface area contributed by atoms with E-state index in [0.717, 1.165) is 18.4 Å². The van der Waals surface area contributed by atoms with E-state index in [9.17, 15) is 13.2 Å². The molecule has 2 aliphatic rings. The summed E-state index contributed by atoms with van der Waals surface area (Å²) >= 11 is 12.5. The zero-order valence-corrected chi connectivity index (χ0v) is 17.7. The van der Waals surface area contributed by atoms with Gasteiger partial charge < -0.3 is 5.32 Å². The molecule has 0 aromatic heterocycles. The van der Waals surface area contributed by atoms with E-state index in [1.807, 2.05) is 12.1 Å². The lowest BCUT2D eigenvalue weighted by atomic mass is 9.98. The van der Waals surface area contributed by atoms with Crippen molar-refractivity contribution in [1.29, 1.82) is 0 Å². The van der Waals surface area contributed by atoms with Crippen molar-refractivity contribution in [2.45, 2.75) is 31.6 Å². The minimum absolute atomic E-state index is 0.112. The topological polar surface area (TPSA) is 66.5 Å². The Kier molecular flexibility index (Phi) is 4.84. The average Bonchev–Trinajstić information content (AvgIpc) is 3.28. The maximum atomic E-state index is 12.8. The molecule has 5 nitrogen and oxygen atoms in total. The Morgan fingerprint density at radius 3 is 2.54 bits per heavy atom. The maximum absolute atomic E-state index is 12.8. The third kappa shape index (κ3) is 3.73. The molecule has 1 aliphatic heterocycles. The van der Waals surface area contributed by atoms with Crippen molar-refractivity contribution in [3.8, 4) is 0 Å². The van der Waals surface area contributed by atoms with Crippen molar-refractivity contribution in [1.82, 2.24) is 0 Å². The standard InChI is InChI=1S/C20H20Cl2N2O3S/c1-20(5-6-20)13-9-14(21)11-15(10-13)23-19(25)17-12-16(3-4-18(17)22)24-7-2-8-28(24,26)27/h3-4,9-12H,2,5-8H2,1H3,(H,23,25). The van der Waals surface area contributed by atoms with Crippen LogP contribution in [0.5, 0.6) is 0 Å². The van der Waals surface area contributed by atoms with E-state index < -0.39 is 15.9 Å². The van der Waals surface area contributed by atoms with Gasteiger partial charge in [0.2, 0.25) is 10.0 Å². The van der Waals surface area contributed by atoms with E-state index in [1.54, 1.807) is 18.2 Å². The predicted octanol–water partition coefficient (Wildman–Crippen LogP) is 4.84. The van der Waals surface area contributed by atoms with Crippen LogP contribution in [-0.4, -0.2) is 26.6 Å². The van der Waals surface area contributed by atoms with Crippen LogP contribution < -0.4 is 9.62 Å². The number of sulfonamides is 1. The van der Waals surface area contributed by atoms with Crippen molar-refractivity contribution in [3.05, 3.63) is 57.6 Å². The number of carbonyl (C=O) groups excluding carboxylic acids is 1. The van der Waals surface area contributed by atoms with Crippen molar-refractivity contribution in [2.75, 3.05) is 21.9 Å². The molecular weight excluding hydrogens is 419 g/mol. The second kappa shape index (κ2) is 6.94. The Bertz CT molecular complexity index is 1070. The summed E-state index contributed by atoms with van der Waals surface area (Å²) in [6.45, 7) is 2.57. The molecule has 0 bridgehead atoms. The van der Waals surface area contributed by atoms with E-state index in [1.165, 1.54) is 10.4 Å². The molecule has 0 radical (unpaired) electrons. The molecule has 2 aromatic rings. The number of amides is 1. The van der Waals surface area contributed by atoms with Crippen molar-refractivity contribution < 1.29 is 13.2 Å². The van der Waals surface area contributed by atoms with Crippen molar-refractivity contribution in [3.63, 3.8) is 0 Å². The van der Waals surface area contributed by atoms with Crippen LogP contribution in [0.25, 0.3) is 0 Å². The van der Waals surface area contributed by atoms with Gasteiger partial charge in [-0.05, 0) is 66.6 Å². The Morgan fingerprint density at radius 1 is 1.14 bits per heavy atom. The van der Waals surface area contributed by atoms with Gasteiger partial charge in [0, 0.05) is 17.3 Å². The Hall–Kier alpha value is -1.76. The minimum Gasteiger partial charge on any atom is -0.322 e. The maximum Gasteiger partial charge on any atom is 0.257 e. The van der Waals surface area contributed by atoms with Gasteiger partial charge in [-0.3, -0.25) is 9.10 Å². The highest BCUT2D eigenvalue weighted by Gasteiger charge is 2.39. The normalized spacial score (nSPS) is 19.5. The van der Waals surface area contributed by atoms with Gasteiger partial charge in [0.05, 0.1) is 22.0 Å². The molecule has 1 saturated heterocycles. The molecule has 28 heavy (non-hydrogen) atoms. The molecule has 0 unspecified atom stereocenters. The summed E-state index contributed by atoms with van der Waals surface area (Å²) in [5.74, 6) is -0.293. The summed E-state index contributed by atoms with van der Waals surface area (Å²) < 4.78 is 25.7. The smallest absolute Gasteiger partial charge is 0.257 e. The van der Waals surface area contributed by atoms with Crippen LogP contribution in [0.1, 0.15) is 42.1 Å². The highest BCUT2D eigenvalue weighted by molar-refractivity contribution is 7.93. The number of nitrogens with zero attached hydrogens (tertiary/aromatic N) is 1. The molecule has 148 valence electrons. The monoisotopic (exact) mass is 438 g/mol. The molecule has 1 aliphatic carbocycles. The van der Waals surface area contributed by atoms with Gasteiger partial charge in [-0.2, -0.15) is 0 Å². The Balaban J connectivity index is 1.62. The minimum atomic E-state index is -3.33. The Labute approximate surface area is 174 Å². The van der Waals surface area contributed by atoms with Crippen LogP contribution in [0.2, 0.25) is 10.0 Å². The summed E-state index contributed by atoms with van der Waals surface area (Å²) in [4.78, 5) is 12.8. The van der Waals surface area contributed by atoms with Gasteiger partial charge >= 0.3 is 0 Å². The first-order chi connectivity index (χ1) is 13.2. The van der Waals surface area contributed by atoms with E-state index >= 15 is 0 Å². The van der Waals surface area contributed by atoms with Gasteiger partial charge in [-0.25, -0.2) is 8.42 Å². The van der Waals surface area contributed by atoms with Crippen LogP contribution in [0.15, 0.2) is 36.4 Å². The number of halogens is 2. The molecule has 8 heteroatoms. The van der Waals surface area contributed by atoms with Crippen LogP contribution in [0.4, 0.5) is 11.4 Å². The highest BCUT2D eigenvalue weighted by Crippen LogP contribution is 2.48. The van der Waals surface area contributed by atoms with Crippen LogP contribution >= 0.6 is 23.2 Å². The second-order valence-corrected chi connectivity index (χ2v) is 10.5. The summed E-state index contributed by atoms with van der Waals surface area (Å²) in [5, 5.41) is 3.66. The molecule has 0 atom stereocenters. The van der Waals surface area contributed by atoms with Crippen molar-refractivity contribution in [2.24, 2.45) is 0 Å². The SMILES string of the molecule is CC1(c2cc(Cl)cc(NC(=O)c3cc(N4CCCS4(=O)=O)ccc3Cl)c2)CC1.